The van der Waals surface area contributed by atoms with Crippen LogP contribution >= 0.6 is 27.3 Å². The Morgan fingerprint density at radius 1 is 1.29 bits per heavy atom. The monoisotopic (exact) mass is 320 g/mol. The van der Waals surface area contributed by atoms with Crippen LogP contribution in [0, 0.1) is 0 Å². The summed E-state index contributed by atoms with van der Waals surface area (Å²) in [5.74, 6) is -2.15. The number of rotatable bonds is 5. The van der Waals surface area contributed by atoms with E-state index < -0.39 is 17.9 Å². The molecule has 0 amide bonds. The Labute approximate surface area is 112 Å². The van der Waals surface area contributed by atoms with Gasteiger partial charge in [-0.25, -0.2) is 0 Å². The topological polar surface area (TPSA) is 52.6 Å². The molecular formula is C11H13BrO4S. The second kappa shape index (κ2) is 6.76. The highest BCUT2D eigenvalue weighted by Crippen LogP contribution is 2.32. The number of carbonyl (C=O) groups excluding carboxylic acids is 2. The van der Waals surface area contributed by atoms with Gasteiger partial charge in [0.05, 0.1) is 13.2 Å². The van der Waals surface area contributed by atoms with E-state index in [1.54, 1.807) is 25.3 Å². The summed E-state index contributed by atoms with van der Waals surface area (Å²) in [6, 6.07) is 1.78. The predicted molar refractivity (Wildman–Crippen MR) is 68.0 cm³/mol. The lowest BCUT2D eigenvalue weighted by atomic mass is 10.1. The Kier molecular flexibility index (Phi) is 5.64. The van der Waals surface area contributed by atoms with E-state index in [-0.39, 0.29) is 13.2 Å². The predicted octanol–water partition coefficient (Wildman–Crippen LogP) is 2.72. The van der Waals surface area contributed by atoms with Crippen LogP contribution in [0.25, 0.3) is 0 Å². The van der Waals surface area contributed by atoms with Crippen molar-refractivity contribution in [3.8, 4) is 0 Å². The second-order valence-electron chi connectivity index (χ2n) is 3.07. The van der Waals surface area contributed by atoms with Crippen molar-refractivity contribution in [2.45, 2.75) is 19.8 Å². The highest BCUT2D eigenvalue weighted by atomic mass is 79.9. The van der Waals surface area contributed by atoms with E-state index in [9.17, 15) is 9.59 Å². The summed E-state index contributed by atoms with van der Waals surface area (Å²) in [6.45, 7) is 3.86. The van der Waals surface area contributed by atoms with Crippen molar-refractivity contribution in [3.05, 3.63) is 20.8 Å². The van der Waals surface area contributed by atoms with E-state index >= 15 is 0 Å². The van der Waals surface area contributed by atoms with Crippen LogP contribution in [0.4, 0.5) is 0 Å². The zero-order valence-electron chi connectivity index (χ0n) is 9.57. The molecule has 0 aromatic carbocycles. The third kappa shape index (κ3) is 3.54. The summed E-state index contributed by atoms with van der Waals surface area (Å²) in [5, 5.41) is 1.80. The van der Waals surface area contributed by atoms with E-state index in [4.69, 9.17) is 9.47 Å². The molecule has 0 spiro atoms. The van der Waals surface area contributed by atoms with Gasteiger partial charge in [-0.3, -0.25) is 9.59 Å². The van der Waals surface area contributed by atoms with Gasteiger partial charge >= 0.3 is 11.9 Å². The molecule has 0 unspecified atom stereocenters. The van der Waals surface area contributed by atoms with Gasteiger partial charge in [0.2, 0.25) is 0 Å². The molecule has 0 radical (unpaired) electrons. The molecule has 1 aromatic heterocycles. The maximum Gasteiger partial charge on any atom is 0.325 e. The van der Waals surface area contributed by atoms with Crippen molar-refractivity contribution in [1.29, 1.82) is 0 Å². The molecule has 1 heterocycles. The maximum absolute atomic E-state index is 11.8. The first kappa shape index (κ1) is 14.2. The first-order valence-corrected chi connectivity index (χ1v) is 6.85. The standard InChI is InChI=1S/C11H13BrO4S/c1-3-15-10(13)8(11(14)16-4-2)9-7(12)5-6-17-9/h5-6,8H,3-4H2,1-2H3. The molecule has 0 N–H and O–H groups in total. The van der Waals surface area contributed by atoms with Crippen molar-refractivity contribution in [2.24, 2.45) is 0 Å². The molecule has 1 rings (SSSR count). The highest BCUT2D eigenvalue weighted by Gasteiger charge is 2.33. The fourth-order valence-electron chi connectivity index (χ4n) is 1.27. The van der Waals surface area contributed by atoms with Crippen molar-refractivity contribution in [1.82, 2.24) is 0 Å². The molecule has 0 aliphatic heterocycles. The van der Waals surface area contributed by atoms with Crippen molar-refractivity contribution in [3.63, 3.8) is 0 Å². The van der Waals surface area contributed by atoms with Crippen molar-refractivity contribution >= 4 is 39.2 Å². The van der Waals surface area contributed by atoms with Gasteiger partial charge in [-0.1, -0.05) is 0 Å². The summed E-state index contributed by atoms with van der Waals surface area (Å²) >= 11 is 4.62. The van der Waals surface area contributed by atoms with Gasteiger partial charge < -0.3 is 9.47 Å². The second-order valence-corrected chi connectivity index (χ2v) is 4.87. The summed E-state index contributed by atoms with van der Waals surface area (Å²) in [5.41, 5.74) is 0. The van der Waals surface area contributed by atoms with Crippen LogP contribution in [0.3, 0.4) is 0 Å². The number of thiophene rings is 1. The smallest absolute Gasteiger partial charge is 0.325 e. The molecule has 17 heavy (non-hydrogen) atoms. The summed E-state index contributed by atoms with van der Waals surface area (Å²) in [7, 11) is 0. The summed E-state index contributed by atoms with van der Waals surface area (Å²) in [6.07, 6.45) is 0. The van der Waals surface area contributed by atoms with Crippen LogP contribution in [-0.2, 0) is 19.1 Å². The lowest BCUT2D eigenvalue weighted by molar-refractivity contribution is -0.156. The van der Waals surface area contributed by atoms with Gasteiger partial charge in [0.15, 0.2) is 5.92 Å². The Hall–Kier alpha value is -0.880. The van der Waals surface area contributed by atoms with Crippen LogP contribution < -0.4 is 0 Å². The van der Waals surface area contributed by atoms with Gasteiger partial charge in [-0.05, 0) is 41.2 Å². The SMILES string of the molecule is CCOC(=O)C(C(=O)OCC)c1sccc1Br. The highest BCUT2D eigenvalue weighted by molar-refractivity contribution is 9.10. The molecule has 94 valence electrons. The van der Waals surface area contributed by atoms with Crippen LogP contribution in [-0.4, -0.2) is 25.2 Å². The van der Waals surface area contributed by atoms with Gasteiger partial charge in [-0.15, -0.1) is 11.3 Å². The van der Waals surface area contributed by atoms with Crippen LogP contribution in [0.5, 0.6) is 0 Å². The minimum atomic E-state index is -0.996. The first-order chi connectivity index (χ1) is 8.11. The maximum atomic E-state index is 11.8. The van der Waals surface area contributed by atoms with Gasteiger partial charge in [-0.2, -0.15) is 0 Å². The first-order valence-electron chi connectivity index (χ1n) is 5.17. The Bertz CT molecular complexity index is 384. The quantitative estimate of drug-likeness (QED) is 0.618. The van der Waals surface area contributed by atoms with Crippen LogP contribution in [0.2, 0.25) is 0 Å². The zero-order chi connectivity index (χ0) is 12.8. The molecule has 0 saturated carbocycles. The van der Waals surface area contributed by atoms with E-state index in [0.717, 1.165) is 0 Å². The Balaban J connectivity index is 2.98. The Morgan fingerprint density at radius 3 is 2.18 bits per heavy atom. The van der Waals surface area contributed by atoms with Crippen molar-refractivity contribution in [2.75, 3.05) is 13.2 Å². The van der Waals surface area contributed by atoms with E-state index in [1.165, 1.54) is 11.3 Å². The summed E-state index contributed by atoms with van der Waals surface area (Å²) in [4.78, 5) is 24.2. The fourth-order valence-corrected chi connectivity index (χ4v) is 2.95. The van der Waals surface area contributed by atoms with Crippen molar-refractivity contribution < 1.29 is 19.1 Å². The minimum Gasteiger partial charge on any atom is -0.465 e. The number of hydrogen-bond acceptors (Lipinski definition) is 5. The third-order valence-electron chi connectivity index (χ3n) is 1.95. The number of halogens is 1. The molecule has 0 aliphatic rings. The lowest BCUT2D eigenvalue weighted by Gasteiger charge is -2.13. The zero-order valence-corrected chi connectivity index (χ0v) is 12.0. The molecule has 0 atom stereocenters. The van der Waals surface area contributed by atoms with Gasteiger partial charge in [0, 0.05) is 9.35 Å². The average molecular weight is 321 g/mol. The molecule has 4 nitrogen and oxygen atoms in total. The molecule has 0 fully saturated rings. The molecule has 0 bridgehead atoms. The number of carbonyl (C=O) groups is 2. The normalized spacial score (nSPS) is 10.4. The molecular weight excluding hydrogens is 308 g/mol. The lowest BCUT2D eigenvalue weighted by Crippen LogP contribution is -2.25. The van der Waals surface area contributed by atoms with Gasteiger partial charge in [0.1, 0.15) is 0 Å². The van der Waals surface area contributed by atoms with Crippen LogP contribution in [0.15, 0.2) is 15.9 Å². The largest absolute Gasteiger partial charge is 0.465 e. The summed E-state index contributed by atoms with van der Waals surface area (Å²) < 4.78 is 10.5. The van der Waals surface area contributed by atoms with E-state index in [2.05, 4.69) is 15.9 Å². The Morgan fingerprint density at radius 2 is 1.82 bits per heavy atom. The number of esters is 2. The minimum absolute atomic E-state index is 0.234. The fraction of sp³-hybridized carbons (Fsp3) is 0.455. The molecule has 6 heteroatoms. The van der Waals surface area contributed by atoms with Gasteiger partial charge in [0.25, 0.3) is 0 Å². The van der Waals surface area contributed by atoms with Crippen LogP contribution in [0.1, 0.15) is 24.6 Å². The average Bonchev–Trinajstić information content (AvgIpc) is 2.66. The van der Waals surface area contributed by atoms with E-state index in [0.29, 0.717) is 9.35 Å². The number of ether oxygens (including phenoxy) is 2. The molecule has 1 aromatic rings. The molecule has 0 saturated heterocycles. The third-order valence-corrected chi connectivity index (χ3v) is 3.89. The number of hydrogen-bond donors (Lipinski definition) is 0. The van der Waals surface area contributed by atoms with E-state index in [1.807, 2.05) is 0 Å². The molecule has 0 aliphatic carbocycles.